The number of nitrogens with one attached hydrogen (secondary N) is 1. The van der Waals surface area contributed by atoms with Gasteiger partial charge in [0.15, 0.2) is 0 Å². The second kappa shape index (κ2) is 6.96. The minimum atomic E-state index is -1.01. The van der Waals surface area contributed by atoms with Crippen LogP contribution in [0.25, 0.3) is 0 Å². The lowest BCUT2D eigenvalue weighted by Crippen LogP contribution is -2.28. The van der Waals surface area contributed by atoms with Gasteiger partial charge in [-0.1, -0.05) is 29.3 Å². The summed E-state index contributed by atoms with van der Waals surface area (Å²) in [6.07, 6.45) is 2.59. The average Bonchev–Trinajstić information content (AvgIpc) is 2.46. The average molecular weight is 328 g/mol. The first-order chi connectivity index (χ1) is 9.99. The van der Waals surface area contributed by atoms with E-state index in [0.29, 0.717) is 28.5 Å². The first kappa shape index (κ1) is 15.9. The molecule has 0 saturated heterocycles. The maximum atomic E-state index is 12.2. The minimum Gasteiger partial charge on any atom is -0.478 e. The maximum absolute atomic E-state index is 12.2. The minimum absolute atomic E-state index is 0.223. The maximum Gasteiger partial charge on any atom is 0.332 e. The fourth-order valence-electron chi connectivity index (χ4n) is 2.34. The summed E-state index contributed by atoms with van der Waals surface area (Å²) in [6.45, 7) is 0.241. The van der Waals surface area contributed by atoms with Crippen molar-refractivity contribution < 1.29 is 14.7 Å². The smallest absolute Gasteiger partial charge is 0.332 e. The van der Waals surface area contributed by atoms with E-state index in [1.54, 1.807) is 18.2 Å². The van der Waals surface area contributed by atoms with Crippen molar-refractivity contribution in [2.75, 3.05) is 0 Å². The van der Waals surface area contributed by atoms with Gasteiger partial charge in [-0.2, -0.15) is 0 Å². The zero-order valence-corrected chi connectivity index (χ0v) is 12.8. The van der Waals surface area contributed by atoms with E-state index in [4.69, 9.17) is 28.3 Å². The van der Waals surface area contributed by atoms with Crippen molar-refractivity contribution in [3.63, 3.8) is 0 Å². The third kappa shape index (κ3) is 3.99. The number of hydrogen-bond donors (Lipinski definition) is 2. The number of rotatable bonds is 4. The zero-order valence-electron chi connectivity index (χ0n) is 11.3. The Morgan fingerprint density at radius 1 is 1.14 bits per heavy atom. The molecule has 0 aromatic heterocycles. The Morgan fingerprint density at radius 2 is 1.81 bits per heavy atom. The van der Waals surface area contributed by atoms with Crippen molar-refractivity contribution in [1.82, 2.24) is 5.32 Å². The van der Waals surface area contributed by atoms with Gasteiger partial charge in [0, 0.05) is 27.7 Å². The number of carboxylic acids is 1. The fourth-order valence-corrected chi connectivity index (χ4v) is 2.81. The fraction of sp³-hybridized carbons (Fsp3) is 0.333. The number of carboxylic acid groups (broad SMARTS) is 1. The number of benzene rings is 1. The molecule has 1 aromatic carbocycles. The molecule has 1 aliphatic carbocycles. The lowest BCUT2D eigenvalue weighted by molar-refractivity contribution is -0.133. The Kier molecular flexibility index (Phi) is 5.26. The van der Waals surface area contributed by atoms with E-state index < -0.39 is 5.97 Å². The van der Waals surface area contributed by atoms with Gasteiger partial charge in [-0.15, -0.1) is 0 Å². The van der Waals surface area contributed by atoms with Gasteiger partial charge in [-0.25, -0.2) is 4.79 Å². The third-order valence-corrected chi connectivity index (χ3v) is 4.04. The van der Waals surface area contributed by atoms with Crippen LogP contribution in [0.2, 0.25) is 10.0 Å². The first-order valence-electron chi connectivity index (χ1n) is 6.66. The monoisotopic (exact) mass is 327 g/mol. The van der Waals surface area contributed by atoms with E-state index in [1.807, 2.05) is 0 Å². The van der Waals surface area contributed by atoms with E-state index >= 15 is 0 Å². The zero-order chi connectivity index (χ0) is 15.4. The van der Waals surface area contributed by atoms with Gasteiger partial charge in [-0.05, 0) is 43.4 Å². The molecule has 2 N–H and O–H groups in total. The molecule has 0 unspecified atom stereocenters. The number of carbonyl (C=O) groups excluding carboxylic acids is 1. The Hall–Kier alpha value is -1.52. The van der Waals surface area contributed by atoms with Gasteiger partial charge in [0.1, 0.15) is 0 Å². The summed E-state index contributed by atoms with van der Waals surface area (Å²) < 4.78 is 0. The molecule has 0 aliphatic heterocycles. The van der Waals surface area contributed by atoms with Crippen LogP contribution in [-0.4, -0.2) is 17.0 Å². The third-order valence-electron chi connectivity index (χ3n) is 3.45. The molecule has 4 nitrogen and oxygen atoms in total. The summed E-state index contributed by atoms with van der Waals surface area (Å²) in [5.74, 6) is -1.34. The summed E-state index contributed by atoms with van der Waals surface area (Å²) >= 11 is 11.8. The molecule has 0 fully saturated rings. The molecule has 0 radical (unpaired) electrons. The summed E-state index contributed by atoms with van der Waals surface area (Å²) in [4.78, 5) is 23.3. The Balaban J connectivity index is 2.09. The van der Waals surface area contributed by atoms with Gasteiger partial charge in [0.2, 0.25) is 5.91 Å². The summed E-state index contributed by atoms with van der Waals surface area (Å²) in [6, 6.07) is 5.03. The quantitative estimate of drug-likeness (QED) is 0.888. The van der Waals surface area contributed by atoms with E-state index in [0.717, 1.165) is 18.4 Å². The van der Waals surface area contributed by atoms with Gasteiger partial charge < -0.3 is 10.4 Å². The van der Waals surface area contributed by atoms with Gasteiger partial charge in [-0.3, -0.25) is 4.79 Å². The van der Waals surface area contributed by atoms with Crippen LogP contribution in [0, 0.1) is 0 Å². The van der Waals surface area contributed by atoms with Crippen molar-refractivity contribution in [3.05, 3.63) is 45.0 Å². The molecule has 112 valence electrons. The van der Waals surface area contributed by atoms with Gasteiger partial charge >= 0.3 is 5.97 Å². The van der Waals surface area contributed by atoms with Crippen LogP contribution in [0.3, 0.4) is 0 Å². The van der Waals surface area contributed by atoms with Crippen LogP contribution in [-0.2, 0) is 16.1 Å². The van der Waals surface area contributed by atoms with E-state index in [-0.39, 0.29) is 18.0 Å². The summed E-state index contributed by atoms with van der Waals surface area (Å²) in [5, 5.41) is 12.9. The molecule has 0 bridgehead atoms. The molecule has 0 saturated carbocycles. The number of carbonyl (C=O) groups is 2. The van der Waals surface area contributed by atoms with Crippen LogP contribution >= 0.6 is 23.2 Å². The SMILES string of the molecule is O=C(O)C1=C(C(=O)NCc2ccc(Cl)cc2Cl)CCCC1. The number of hydrogen-bond acceptors (Lipinski definition) is 2. The molecule has 0 spiro atoms. The van der Waals surface area contributed by atoms with Gasteiger partial charge in [0.25, 0.3) is 0 Å². The van der Waals surface area contributed by atoms with Crippen LogP contribution in [0.15, 0.2) is 29.3 Å². The first-order valence-corrected chi connectivity index (χ1v) is 7.42. The van der Waals surface area contributed by atoms with Gasteiger partial charge in [0.05, 0.1) is 0 Å². The predicted octanol–water partition coefficient (Wildman–Crippen LogP) is 3.56. The van der Waals surface area contributed by atoms with E-state index in [9.17, 15) is 9.59 Å². The number of aliphatic carboxylic acids is 1. The highest BCUT2D eigenvalue weighted by Gasteiger charge is 2.23. The normalized spacial score (nSPS) is 15.0. The molecular formula is C15H15Cl2NO3. The highest BCUT2D eigenvalue weighted by Crippen LogP contribution is 2.25. The van der Waals surface area contributed by atoms with E-state index in [2.05, 4.69) is 5.32 Å². The molecule has 2 rings (SSSR count). The Labute approximate surface area is 132 Å². The lowest BCUT2D eigenvalue weighted by Gasteiger charge is -2.17. The summed E-state index contributed by atoms with van der Waals surface area (Å²) in [7, 11) is 0. The molecule has 0 heterocycles. The standard InChI is InChI=1S/C15H15Cl2NO3/c16-10-6-5-9(13(17)7-10)8-18-14(19)11-3-1-2-4-12(11)15(20)21/h5-7H,1-4,8H2,(H,18,19)(H,20,21). The molecule has 6 heteroatoms. The van der Waals surface area contributed by atoms with Crippen molar-refractivity contribution in [1.29, 1.82) is 0 Å². The Morgan fingerprint density at radius 3 is 2.43 bits per heavy atom. The van der Waals surface area contributed by atoms with Crippen molar-refractivity contribution in [3.8, 4) is 0 Å². The predicted molar refractivity (Wildman–Crippen MR) is 81.4 cm³/mol. The lowest BCUT2D eigenvalue weighted by atomic mass is 9.91. The number of amides is 1. The van der Waals surface area contributed by atoms with Crippen LogP contribution in [0.1, 0.15) is 31.2 Å². The topological polar surface area (TPSA) is 66.4 Å². The van der Waals surface area contributed by atoms with E-state index in [1.165, 1.54) is 0 Å². The summed E-state index contributed by atoms with van der Waals surface area (Å²) in [5.41, 5.74) is 1.34. The molecule has 0 atom stereocenters. The van der Waals surface area contributed by atoms with Crippen molar-refractivity contribution >= 4 is 35.1 Å². The second-order valence-corrected chi connectivity index (χ2v) is 5.73. The molecule has 1 amide bonds. The van der Waals surface area contributed by atoms with Crippen LogP contribution in [0.4, 0.5) is 0 Å². The second-order valence-electron chi connectivity index (χ2n) is 4.89. The molecule has 1 aromatic rings. The molecule has 21 heavy (non-hydrogen) atoms. The largest absolute Gasteiger partial charge is 0.478 e. The molecule has 1 aliphatic rings. The van der Waals surface area contributed by atoms with Crippen LogP contribution < -0.4 is 5.32 Å². The number of halogens is 2. The highest BCUT2D eigenvalue weighted by atomic mass is 35.5. The highest BCUT2D eigenvalue weighted by molar-refractivity contribution is 6.35. The molecular weight excluding hydrogens is 313 g/mol. The van der Waals surface area contributed by atoms with Crippen molar-refractivity contribution in [2.24, 2.45) is 0 Å². The van der Waals surface area contributed by atoms with Crippen LogP contribution in [0.5, 0.6) is 0 Å². The Bertz CT molecular complexity index is 611. The van der Waals surface area contributed by atoms with Crippen molar-refractivity contribution in [2.45, 2.75) is 32.2 Å².